The molecule has 9 heteroatoms. The molecule has 2 fully saturated rings. The van der Waals surface area contributed by atoms with Crippen LogP contribution in [-0.2, 0) is 25.5 Å². The van der Waals surface area contributed by atoms with Crippen molar-refractivity contribution in [3.8, 4) is 0 Å². The first-order chi connectivity index (χ1) is 12.5. The second-order valence-electron chi connectivity index (χ2n) is 6.49. The molecule has 0 atom stereocenters. The number of imide groups is 1. The summed E-state index contributed by atoms with van der Waals surface area (Å²) < 4.78 is 9.96. The molecular weight excluding hydrogens is 342 g/mol. The topological polar surface area (TPSA) is 118 Å². The molecule has 0 aromatic carbocycles. The Kier molecular flexibility index (Phi) is 5.24. The number of esters is 1. The molecule has 1 aromatic heterocycles. The smallest absolute Gasteiger partial charge is 0.344 e. The second kappa shape index (κ2) is 7.59. The molecule has 26 heavy (non-hydrogen) atoms. The molecule has 1 saturated carbocycles. The molecule has 2 N–H and O–H groups in total. The minimum absolute atomic E-state index is 0.0625. The van der Waals surface area contributed by atoms with Gasteiger partial charge < -0.3 is 14.5 Å². The van der Waals surface area contributed by atoms with E-state index in [0.29, 0.717) is 30.0 Å². The van der Waals surface area contributed by atoms with Crippen molar-refractivity contribution in [3.05, 3.63) is 24.2 Å². The molecule has 9 nitrogen and oxygen atoms in total. The summed E-state index contributed by atoms with van der Waals surface area (Å²) in [6, 6.07) is 2.79. The van der Waals surface area contributed by atoms with Crippen molar-refractivity contribution in [2.24, 2.45) is 0 Å². The van der Waals surface area contributed by atoms with Gasteiger partial charge in [-0.25, -0.2) is 4.79 Å². The Balaban J connectivity index is 1.45. The highest BCUT2D eigenvalue weighted by atomic mass is 16.5. The molecule has 0 radical (unpaired) electrons. The van der Waals surface area contributed by atoms with Crippen LogP contribution in [0.25, 0.3) is 0 Å². The van der Waals surface area contributed by atoms with Gasteiger partial charge in [-0.2, -0.15) is 5.01 Å². The van der Waals surface area contributed by atoms with Crippen molar-refractivity contribution in [2.75, 3.05) is 6.61 Å². The maximum atomic E-state index is 12.5. The van der Waals surface area contributed by atoms with Gasteiger partial charge >= 0.3 is 12.0 Å². The molecule has 0 unspecified atom stereocenters. The summed E-state index contributed by atoms with van der Waals surface area (Å²) >= 11 is 0. The van der Waals surface area contributed by atoms with E-state index in [9.17, 15) is 19.2 Å². The predicted octanol–water partition coefficient (Wildman–Crippen LogP) is 1.04. The molecule has 4 amide bonds. The first-order valence-corrected chi connectivity index (χ1v) is 8.64. The van der Waals surface area contributed by atoms with Crippen LogP contribution in [0, 0.1) is 0 Å². The number of carbonyl (C=O) groups excluding carboxylic acids is 4. The lowest BCUT2D eigenvalue weighted by molar-refractivity contribution is -0.150. The zero-order valence-electron chi connectivity index (χ0n) is 14.3. The Morgan fingerprint density at radius 1 is 1.27 bits per heavy atom. The minimum Gasteiger partial charge on any atom is -0.469 e. The van der Waals surface area contributed by atoms with Gasteiger partial charge in [-0.05, 0) is 25.0 Å². The fraction of sp³-hybridized carbons (Fsp3) is 0.529. The zero-order chi connectivity index (χ0) is 18.6. The summed E-state index contributed by atoms with van der Waals surface area (Å²) in [5, 5.41) is 3.36. The number of amides is 4. The molecule has 0 bridgehead atoms. The number of ether oxygens (including phenoxy) is 1. The third-order valence-electron chi connectivity index (χ3n) is 4.63. The van der Waals surface area contributed by atoms with Gasteiger partial charge in [0.05, 0.1) is 12.7 Å². The van der Waals surface area contributed by atoms with Gasteiger partial charge in [-0.3, -0.25) is 19.8 Å². The van der Waals surface area contributed by atoms with Crippen LogP contribution >= 0.6 is 0 Å². The average Bonchev–Trinajstić information content (AvgIpc) is 3.22. The number of furan rings is 1. The van der Waals surface area contributed by atoms with Crippen LogP contribution in [0.4, 0.5) is 4.79 Å². The summed E-state index contributed by atoms with van der Waals surface area (Å²) in [4.78, 5) is 48.1. The Labute approximate surface area is 150 Å². The first-order valence-electron chi connectivity index (χ1n) is 8.64. The zero-order valence-corrected chi connectivity index (χ0v) is 14.3. The minimum atomic E-state index is -0.914. The SMILES string of the molecule is O=C(COC(=O)CCc1ccco1)NN1C(=O)NC2(CCCCC2)C1=O. The van der Waals surface area contributed by atoms with Gasteiger partial charge in [0.2, 0.25) is 0 Å². The van der Waals surface area contributed by atoms with Crippen molar-refractivity contribution in [3.63, 3.8) is 0 Å². The number of hydrazine groups is 1. The van der Waals surface area contributed by atoms with Crippen LogP contribution < -0.4 is 10.7 Å². The number of rotatable bonds is 6. The first kappa shape index (κ1) is 18.0. The number of nitrogens with one attached hydrogen (secondary N) is 2. The van der Waals surface area contributed by atoms with Crippen molar-refractivity contribution < 1.29 is 28.3 Å². The Hall–Kier alpha value is -2.84. The van der Waals surface area contributed by atoms with E-state index in [1.54, 1.807) is 12.1 Å². The van der Waals surface area contributed by atoms with Gasteiger partial charge in [0.15, 0.2) is 6.61 Å². The van der Waals surface area contributed by atoms with Crippen molar-refractivity contribution in [2.45, 2.75) is 50.5 Å². The largest absolute Gasteiger partial charge is 0.469 e. The summed E-state index contributed by atoms with van der Waals surface area (Å²) in [5.74, 6) is -1.13. The van der Waals surface area contributed by atoms with E-state index < -0.39 is 36.0 Å². The van der Waals surface area contributed by atoms with Crippen LogP contribution in [0.5, 0.6) is 0 Å². The number of nitrogens with zero attached hydrogens (tertiary/aromatic N) is 1. The van der Waals surface area contributed by atoms with Gasteiger partial charge in [0.25, 0.3) is 11.8 Å². The lowest BCUT2D eigenvalue weighted by atomic mass is 9.82. The van der Waals surface area contributed by atoms with E-state index in [2.05, 4.69) is 10.7 Å². The number of carbonyl (C=O) groups is 4. The molecule has 1 aliphatic heterocycles. The third-order valence-corrected chi connectivity index (χ3v) is 4.63. The van der Waals surface area contributed by atoms with E-state index in [4.69, 9.17) is 9.15 Å². The third kappa shape index (κ3) is 3.87. The average molecular weight is 363 g/mol. The van der Waals surface area contributed by atoms with Crippen molar-refractivity contribution in [1.82, 2.24) is 15.8 Å². The standard InChI is InChI=1S/C17H21N3O6/c21-13(11-26-14(22)7-6-12-5-4-10-25-12)19-20-15(23)17(18-16(20)24)8-2-1-3-9-17/h4-5,10H,1-3,6-9,11H2,(H,18,24)(H,19,21). The Morgan fingerprint density at radius 2 is 2.04 bits per heavy atom. The lowest BCUT2D eigenvalue weighted by Gasteiger charge is -2.30. The van der Waals surface area contributed by atoms with E-state index >= 15 is 0 Å². The van der Waals surface area contributed by atoms with Gasteiger partial charge in [-0.1, -0.05) is 19.3 Å². The maximum absolute atomic E-state index is 12.5. The molecule has 2 aliphatic rings. The Morgan fingerprint density at radius 3 is 2.73 bits per heavy atom. The molecule has 1 spiro atoms. The fourth-order valence-corrected chi connectivity index (χ4v) is 3.27. The quantitative estimate of drug-likeness (QED) is 0.576. The molecule has 1 saturated heterocycles. The van der Waals surface area contributed by atoms with Crippen molar-refractivity contribution >= 4 is 23.8 Å². The molecule has 140 valence electrons. The van der Waals surface area contributed by atoms with E-state index in [1.807, 2.05) is 0 Å². The molecule has 3 rings (SSSR count). The van der Waals surface area contributed by atoms with E-state index in [0.717, 1.165) is 19.3 Å². The number of aryl methyl sites for hydroxylation is 1. The van der Waals surface area contributed by atoms with Gasteiger partial charge in [0.1, 0.15) is 11.3 Å². The molecule has 1 aromatic rings. The number of hydrogen-bond acceptors (Lipinski definition) is 6. The molecule has 1 aliphatic carbocycles. The fourth-order valence-electron chi connectivity index (χ4n) is 3.27. The van der Waals surface area contributed by atoms with Crippen LogP contribution in [-0.4, -0.2) is 41.0 Å². The summed E-state index contributed by atoms with van der Waals surface area (Å²) in [6.45, 7) is -0.568. The van der Waals surface area contributed by atoms with E-state index in [1.165, 1.54) is 6.26 Å². The second-order valence-corrected chi connectivity index (χ2v) is 6.49. The predicted molar refractivity (Wildman–Crippen MR) is 87.3 cm³/mol. The monoisotopic (exact) mass is 363 g/mol. The van der Waals surface area contributed by atoms with Gasteiger partial charge in [0, 0.05) is 6.42 Å². The van der Waals surface area contributed by atoms with Crippen LogP contribution in [0.1, 0.15) is 44.3 Å². The highest BCUT2D eigenvalue weighted by Crippen LogP contribution is 2.32. The molecular formula is C17H21N3O6. The lowest BCUT2D eigenvalue weighted by Crippen LogP contribution is -2.51. The van der Waals surface area contributed by atoms with E-state index in [-0.39, 0.29) is 6.42 Å². The van der Waals surface area contributed by atoms with Crippen LogP contribution in [0.3, 0.4) is 0 Å². The highest BCUT2D eigenvalue weighted by molar-refractivity contribution is 6.08. The van der Waals surface area contributed by atoms with Crippen molar-refractivity contribution in [1.29, 1.82) is 0 Å². The normalized spacial score (nSPS) is 18.7. The number of hydrogen-bond donors (Lipinski definition) is 2. The van der Waals surface area contributed by atoms with Crippen LogP contribution in [0.15, 0.2) is 22.8 Å². The van der Waals surface area contributed by atoms with Gasteiger partial charge in [-0.15, -0.1) is 0 Å². The van der Waals surface area contributed by atoms with Crippen LogP contribution in [0.2, 0.25) is 0 Å². The maximum Gasteiger partial charge on any atom is 0.344 e. The summed E-state index contributed by atoms with van der Waals surface area (Å²) in [6.07, 6.45) is 5.77. The molecule has 2 heterocycles. The summed E-state index contributed by atoms with van der Waals surface area (Å²) in [5.41, 5.74) is 1.30. The summed E-state index contributed by atoms with van der Waals surface area (Å²) in [7, 11) is 0. The highest BCUT2D eigenvalue weighted by Gasteiger charge is 2.52. The Bertz CT molecular complexity index is 693. The number of urea groups is 1.